The predicted molar refractivity (Wildman–Crippen MR) is 186 cm³/mol. The molecular weight excluding hydrogens is 640 g/mol. The Morgan fingerprint density at radius 3 is 1.50 bits per heavy atom. The van der Waals surface area contributed by atoms with E-state index >= 15 is 0 Å². The molecule has 0 spiro atoms. The van der Waals surface area contributed by atoms with Crippen LogP contribution in [0.5, 0.6) is 0 Å². The molecule has 2 aromatic heterocycles. The number of amides is 4. The molecule has 0 aliphatic carbocycles. The minimum absolute atomic E-state index is 0.0524. The highest BCUT2D eigenvalue weighted by atomic mass is 16.6. The first-order chi connectivity index (χ1) is 23.7. The number of nitrogens with one attached hydrogen (secondary N) is 4. The Kier molecular flexibility index (Phi) is 14.9. The Morgan fingerprint density at radius 1 is 0.640 bits per heavy atom. The number of pyridine rings is 2. The number of hydrogen-bond donors (Lipinski definition) is 4. The zero-order valence-electron chi connectivity index (χ0n) is 29.5. The van der Waals surface area contributed by atoms with E-state index in [-0.39, 0.29) is 25.2 Å². The molecule has 1 aromatic carbocycles. The van der Waals surface area contributed by atoms with Crippen LogP contribution in [0.4, 0.5) is 4.79 Å². The normalized spacial score (nSPS) is 13.6. The molecule has 13 heteroatoms. The lowest BCUT2D eigenvalue weighted by molar-refractivity contribution is -0.146. The third-order valence-electron chi connectivity index (χ3n) is 7.39. The molecule has 3 aromatic rings. The number of methoxy groups -OCH3 is 1. The monoisotopic (exact) mass is 688 g/mol. The minimum atomic E-state index is -1.17. The fourth-order valence-electron chi connectivity index (χ4n) is 5.08. The van der Waals surface area contributed by atoms with Gasteiger partial charge in [0, 0.05) is 44.0 Å². The maximum atomic E-state index is 14.1. The molecule has 13 nitrogen and oxygen atoms in total. The quantitative estimate of drug-likeness (QED) is 0.165. The Morgan fingerprint density at radius 2 is 1.08 bits per heavy atom. The van der Waals surface area contributed by atoms with Gasteiger partial charge in [0.2, 0.25) is 17.7 Å². The first-order valence-electron chi connectivity index (χ1n) is 16.5. The van der Waals surface area contributed by atoms with E-state index in [1.165, 1.54) is 7.11 Å². The number of benzene rings is 1. The second kappa shape index (κ2) is 19.0. The summed E-state index contributed by atoms with van der Waals surface area (Å²) in [5.41, 5.74) is 1.25. The van der Waals surface area contributed by atoms with Crippen LogP contribution in [0.1, 0.15) is 57.7 Å². The zero-order chi connectivity index (χ0) is 36.7. The number of carbonyl (C=O) groups excluding carboxylic acids is 5. The maximum absolute atomic E-state index is 14.1. The van der Waals surface area contributed by atoms with E-state index in [4.69, 9.17) is 9.47 Å². The predicted octanol–water partition coefficient (Wildman–Crippen LogP) is 3.07. The first-order valence-corrected chi connectivity index (χ1v) is 16.5. The van der Waals surface area contributed by atoms with Gasteiger partial charge in [-0.3, -0.25) is 24.4 Å². The summed E-state index contributed by atoms with van der Waals surface area (Å²) in [6.07, 6.45) is 6.04. The van der Waals surface area contributed by atoms with Gasteiger partial charge < -0.3 is 30.7 Å². The van der Waals surface area contributed by atoms with E-state index in [1.54, 1.807) is 69.8 Å². The molecule has 4 N–H and O–H groups in total. The molecule has 4 atom stereocenters. The average molecular weight is 689 g/mol. The van der Waals surface area contributed by atoms with Gasteiger partial charge in [-0.2, -0.15) is 0 Å². The van der Waals surface area contributed by atoms with Gasteiger partial charge in [-0.05, 0) is 61.9 Å². The maximum Gasteiger partial charge on any atom is 0.408 e. The molecule has 0 bridgehead atoms. The molecular formula is C37H48N6O7. The van der Waals surface area contributed by atoms with E-state index in [1.807, 2.05) is 44.2 Å². The van der Waals surface area contributed by atoms with Crippen molar-refractivity contribution in [1.82, 2.24) is 31.2 Å². The molecule has 0 saturated heterocycles. The lowest BCUT2D eigenvalue weighted by atomic mass is 10.0. The van der Waals surface area contributed by atoms with Crippen LogP contribution in [0.15, 0.2) is 79.4 Å². The summed E-state index contributed by atoms with van der Waals surface area (Å²) in [6, 6.07) is 11.6. The van der Waals surface area contributed by atoms with Crippen molar-refractivity contribution in [2.24, 2.45) is 5.92 Å². The van der Waals surface area contributed by atoms with Gasteiger partial charge >= 0.3 is 12.1 Å². The number of hydrogen-bond acceptors (Lipinski definition) is 9. The molecule has 0 unspecified atom stereocenters. The Balaban J connectivity index is 1.92. The summed E-state index contributed by atoms with van der Waals surface area (Å²) in [7, 11) is 1.24. The summed E-state index contributed by atoms with van der Waals surface area (Å²) in [5.74, 6) is -2.45. The second-order valence-corrected chi connectivity index (χ2v) is 13.4. The van der Waals surface area contributed by atoms with Crippen molar-refractivity contribution < 1.29 is 33.4 Å². The first kappa shape index (κ1) is 39.1. The van der Waals surface area contributed by atoms with Crippen molar-refractivity contribution in [3.8, 4) is 0 Å². The van der Waals surface area contributed by atoms with Gasteiger partial charge in [-0.15, -0.1) is 0 Å². The third-order valence-corrected chi connectivity index (χ3v) is 7.39. The lowest BCUT2D eigenvalue weighted by Crippen LogP contribution is -2.59. The van der Waals surface area contributed by atoms with Crippen LogP contribution in [0.3, 0.4) is 0 Å². The van der Waals surface area contributed by atoms with Crippen LogP contribution in [0.25, 0.3) is 0 Å². The molecule has 0 aliphatic rings. The molecule has 50 heavy (non-hydrogen) atoms. The summed E-state index contributed by atoms with van der Waals surface area (Å²) in [4.78, 5) is 75.3. The standard InChI is InChI=1S/C37H48N6O7/c1-24(2)18-31(35(47)49-6)42-33(45)29(20-26-14-10-16-38-22-26)41-32(44)28(19-25-12-8-7-9-13-25)40-34(46)30(21-27-15-11-17-39-23-27)43-36(48)50-37(3,4)5/h7-17,22-24,28-31H,18-21H2,1-6H3,(H,40,46)(H,41,44)(H,42,45)(H,43,48)/t28-,29-,30-,31-/m0/s1. The zero-order valence-corrected chi connectivity index (χ0v) is 29.5. The summed E-state index contributed by atoms with van der Waals surface area (Å²) < 4.78 is 10.3. The molecule has 2 heterocycles. The number of alkyl carbamates (subject to hydrolysis) is 1. The SMILES string of the molecule is COC(=O)[C@H](CC(C)C)NC(=O)[C@H](Cc1cccnc1)NC(=O)[C@H](Cc1ccccc1)NC(=O)[C@H](Cc1cccnc1)NC(=O)OC(C)(C)C. The van der Waals surface area contributed by atoms with E-state index in [0.717, 1.165) is 5.56 Å². The average Bonchev–Trinajstić information content (AvgIpc) is 3.07. The van der Waals surface area contributed by atoms with Crippen LogP contribution < -0.4 is 21.3 Å². The minimum Gasteiger partial charge on any atom is -0.467 e. The van der Waals surface area contributed by atoms with Crippen LogP contribution in [-0.2, 0) is 47.9 Å². The number of nitrogens with zero attached hydrogens (tertiary/aromatic N) is 2. The molecule has 0 fully saturated rings. The highest BCUT2D eigenvalue weighted by Gasteiger charge is 2.33. The molecule has 0 radical (unpaired) electrons. The van der Waals surface area contributed by atoms with Gasteiger partial charge in [0.1, 0.15) is 29.8 Å². The Labute approximate surface area is 293 Å². The number of esters is 1. The Hall–Kier alpha value is -5.33. The van der Waals surface area contributed by atoms with Crippen molar-refractivity contribution in [3.63, 3.8) is 0 Å². The van der Waals surface area contributed by atoms with Gasteiger partial charge in [0.25, 0.3) is 0 Å². The fourth-order valence-corrected chi connectivity index (χ4v) is 5.08. The van der Waals surface area contributed by atoms with Crippen molar-refractivity contribution >= 4 is 29.8 Å². The summed E-state index contributed by atoms with van der Waals surface area (Å²) >= 11 is 0. The topological polar surface area (TPSA) is 178 Å². The number of rotatable bonds is 16. The van der Waals surface area contributed by atoms with Gasteiger partial charge in [0.05, 0.1) is 7.11 Å². The number of aromatic nitrogens is 2. The van der Waals surface area contributed by atoms with Crippen molar-refractivity contribution in [2.45, 2.75) is 90.1 Å². The highest BCUT2D eigenvalue weighted by Crippen LogP contribution is 2.12. The van der Waals surface area contributed by atoms with Crippen molar-refractivity contribution in [2.75, 3.05) is 7.11 Å². The van der Waals surface area contributed by atoms with Gasteiger partial charge in [-0.1, -0.05) is 56.3 Å². The third kappa shape index (κ3) is 13.7. The Bertz CT molecular complexity index is 1550. The van der Waals surface area contributed by atoms with Crippen molar-refractivity contribution in [1.29, 1.82) is 0 Å². The lowest BCUT2D eigenvalue weighted by Gasteiger charge is -2.27. The number of ether oxygens (including phenoxy) is 2. The van der Waals surface area contributed by atoms with E-state index in [9.17, 15) is 24.0 Å². The highest BCUT2D eigenvalue weighted by molar-refractivity contribution is 5.95. The molecule has 0 aliphatic heterocycles. The van der Waals surface area contributed by atoms with Gasteiger partial charge in [-0.25, -0.2) is 9.59 Å². The van der Waals surface area contributed by atoms with Crippen LogP contribution in [0, 0.1) is 5.92 Å². The molecule has 4 amide bonds. The molecule has 3 rings (SSSR count). The van der Waals surface area contributed by atoms with Gasteiger partial charge in [0.15, 0.2) is 0 Å². The van der Waals surface area contributed by atoms with Crippen molar-refractivity contribution in [3.05, 3.63) is 96.1 Å². The second-order valence-electron chi connectivity index (χ2n) is 13.4. The largest absolute Gasteiger partial charge is 0.467 e. The van der Waals surface area contributed by atoms with E-state index < -0.39 is 59.6 Å². The van der Waals surface area contributed by atoms with Crippen LogP contribution >= 0.6 is 0 Å². The smallest absolute Gasteiger partial charge is 0.408 e. The van der Waals surface area contributed by atoms with Crippen LogP contribution in [0.2, 0.25) is 0 Å². The van der Waals surface area contributed by atoms with E-state index in [0.29, 0.717) is 17.5 Å². The molecule has 268 valence electrons. The fraction of sp³-hybridized carbons (Fsp3) is 0.432. The summed E-state index contributed by atoms with van der Waals surface area (Å²) in [6.45, 7) is 8.94. The van der Waals surface area contributed by atoms with E-state index in [2.05, 4.69) is 31.2 Å². The molecule has 0 saturated carbocycles. The summed E-state index contributed by atoms with van der Waals surface area (Å²) in [5, 5.41) is 11.0. The number of carbonyl (C=O) groups is 5. The van der Waals surface area contributed by atoms with Crippen LogP contribution in [-0.4, -0.2) is 76.6 Å².